The van der Waals surface area contributed by atoms with E-state index in [9.17, 15) is 14.3 Å². The Labute approximate surface area is 124 Å². The maximum atomic E-state index is 12.9. The van der Waals surface area contributed by atoms with Crippen LogP contribution in [0.4, 0.5) is 4.39 Å². The van der Waals surface area contributed by atoms with Crippen molar-refractivity contribution in [2.45, 2.75) is 40.0 Å². The van der Waals surface area contributed by atoms with Crippen molar-refractivity contribution in [3.05, 3.63) is 47.5 Å². The summed E-state index contributed by atoms with van der Waals surface area (Å²) in [5.41, 5.74) is 1.49. The summed E-state index contributed by atoms with van der Waals surface area (Å²) in [6.45, 7) is 7.93. The van der Waals surface area contributed by atoms with E-state index < -0.39 is 5.97 Å². The third kappa shape index (κ3) is 3.68. The van der Waals surface area contributed by atoms with Crippen LogP contribution in [0.15, 0.2) is 30.5 Å². The van der Waals surface area contributed by atoms with Crippen molar-refractivity contribution < 1.29 is 14.3 Å². The molecule has 2 rings (SSSR count). The molecule has 1 heterocycles. The topological polar surface area (TPSA) is 55.1 Å². The van der Waals surface area contributed by atoms with Gasteiger partial charge in [-0.25, -0.2) is 13.9 Å². The van der Waals surface area contributed by atoms with Gasteiger partial charge in [-0.05, 0) is 36.6 Å². The van der Waals surface area contributed by atoms with Crippen LogP contribution in [0.2, 0.25) is 0 Å². The number of benzene rings is 1. The van der Waals surface area contributed by atoms with Crippen LogP contribution in [0.5, 0.6) is 0 Å². The molecule has 0 saturated carbocycles. The van der Waals surface area contributed by atoms with Gasteiger partial charge in [-0.15, -0.1) is 0 Å². The highest BCUT2D eigenvalue weighted by atomic mass is 19.1. The Morgan fingerprint density at radius 2 is 1.90 bits per heavy atom. The fourth-order valence-electron chi connectivity index (χ4n) is 1.98. The Morgan fingerprint density at radius 3 is 2.38 bits per heavy atom. The molecule has 0 fully saturated rings. The third-order valence-corrected chi connectivity index (χ3v) is 3.19. The highest BCUT2D eigenvalue weighted by Gasteiger charge is 2.21. The van der Waals surface area contributed by atoms with Crippen LogP contribution in [0.1, 0.15) is 56.1 Å². The lowest BCUT2D eigenvalue weighted by molar-refractivity contribution is 0.0695. The summed E-state index contributed by atoms with van der Waals surface area (Å²) in [6.07, 6.45) is 2.14. The summed E-state index contributed by atoms with van der Waals surface area (Å²) in [5.74, 6) is -1.28. The predicted molar refractivity (Wildman–Crippen MR) is 80.5 cm³/mol. The number of hydrogen-bond acceptors (Lipinski definition) is 2. The number of hydrogen-bond donors (Lipinski definition) is 1. The Morgan fingerprint density at radius 1 is 1.33 bits per heavy atom. The van der Waals surface area contributed by atoms with Crippen molar-refractivity contribution in [2.24, 2.45) is 0 Å². The predicted octanol–water partition coefficient (Wildman–Crippen LogP) is 4.25. The maximum absolute atomic E-state index is 12.9. The van der Waals surface area contributed by atoms with Crippen LogP contribution in [0, 0.1) is 5.82 Å². The molecule has 1 atom stereocenters. The molecule has 1 aromatic heterocycles. The molecule has 1 aromatic carbocycles. The molecule has 0 aliphatic heterocycles. The van der Waals surface area contributed by atoms with E-state index in [0.29, 0.717) is 11.4 Å². The smallest absolute Gasteiger partial charge is 0.339 e. The van der Waals surface area contributed by atoms with Crippen LogP contribution in [-0.2, 0) is 0 Å². The Balaban J connectivity index is 0.00000106. The molecular weight excluding hydrogens is 271 g/mol. The second-order valence-electron chi connectivity index (χ2n) is 4.45. The summed E-state index contributed by atoms with van der Waals surface area (Å²) < 4.78 is 14.5. The quantitative estimate of drug-likeness (QED) is 0.916. The molecular formula is C16H21FN2O2. The second-order valence-corrected chi connectivity index (χ2v) is 4.45. The molecule has 0 saturated heterocycles. The zero-order valence-electron chi connectivity index (χ0n) is 12.8. The highest BCUT2D eigenvalue weighted by molar-refractivity contribution is 5.89. The van der Waals surface area contributed by atoms with E-state index >= 15 is 0 Å². The molecule has 0 aliphatic rings. The minimum Gasteiger partial charge on any atom is -0.478 e. The molecule has 4 nitrogen and oxygen atoms in total. The molecule has 5 heteroatoms. The highest BCUT2D eigenvalue weighted by Crippen LogP contribution is 2.25. The molecule has 21 heavy (non-hydrogen) atoms. The van der Waals surface area contributed by atoms with Crippen LogP contribution in [0.25, 0.3) is 5.69 Å². The van der Waals surface area contributed by atoms with Crippen molar-refractivity contribution in [1.82, 2.24) is 9.78 Å². The monoisotopic (exact) mass is 292 g/mol. The molecule has 0 aliphatic carbocycles. The molecule has 114 valence electrons. The van der Waals surface area contributed by atoms with Gasteiger partial charge in [-0.3, -0.25) is 0 Å². The number of nitrogens with zero attached hydrogens (tertiary/aromatic N) is 2. The number of carboxylic acid groups (broad SMARTS) is 1. The molecule has 2 aromatic rings. The molecule has 0 spiro atoms. The van der Waals surface area contributed by atoms with E-state index in [-0.39, 0.29) is 17.3 Å². The first-order valence-corrected chi connectivity index (χ1v) is 7.11. The zero-order chi connectivity index (χ0) is 16.0. The van der Waals surface area contributed by atoms with Gasteiger partial charge in [0.15, 0.2) is 0 Å². The van der Waals surface area contributed by atoms with Crippen molar-refractivity contribution in [1.29, 1.82) is 0 Å². The van der Waals surface area contributed by atoms with Crippen molar-refractivity contribution in [2.75, 3.05) is 0 Å². The first kappa shape index (κ1) is 16.9. The maximum Gasteiger partial charge on any atom is 0.339 e. The summed E-state index contributed by atoms with van der Waals surface area (Å²) in [4.78, 5) is 11.2. The summed E-state index contributed by atoms with van der Waals surface area (Å²) in [6, 6.07) is 5.83. The SMILES string of the molecule is CC.CCC(C)c1c(C(=O)O)cnn1-c1ccc(F)cc1. The number of aromatic nitrogens is 2. The summed E-state index contributed by atoms with van der Waals surface area (Å²) in [5, 5.41) is 13.3. The molecule has 0 radical (unpaired) electrons. The van der Waals surface area contributed by atoms with Gasteiger partial charge >= 0.3 is 5.97 Å². The van der Waals surface area contributed by atoms with E-state index in [2.05, 4.69) is 5.10 Å². The van der Waals surface area contributed by atoms with Crippen molar-refractivity contribution in [3.8, 4) is 5.69 Å². The van der Waals surface area contributed by atoms with Gasteiger partial charge < -0.3 is 5.11 Å². The van der Waals surface area contributed by atoms with E-state index in [1.54, 1.807) is 16.8 Å². The molecule has 0 amide bonds. The van der Waals surface area contributed by atoms with E-state index in [4.69, 9.17) is 0 Å². The lowest BCUT2D eigenvalue weighted by atomic mass is 10.0. The van der Waals surface area contributed by atoms with E-state index in [1.165, 1.54) is 18.3 Å². The van der Waals surface area contributed by atoms with Gasteiger partial charge in [0.25, 0.3) is 0 Å². The van der Waals surface area contributed by atoms with Crippen LogP contribution in [0.3, 0.4) is 0 Å². The molecule has 0 bridgehead atoms. The Hall–Kier alpha value is -2.17. The van der Waals surface area contributed by atoms with Gasteiger partial charge in [0.05, 0.1) is 17.6 Å². The van der Waals surface area contributed by atoms with Gasteiger partial charge in [0.1, 0.15) is 11.4 Å². The number of carboxylic acids is 1. The van der Waals surface area contributed by atoms with Crippen molar-refractivity contribution in [3.63, 3.8) is 0 Å². The van der Waals surface area contributed by atoms with Crippen LogP contribution >= 0.6 is 0 Å². The average Bonchev–Trinajstić information content (AvgIpc) is 2.94. The number of aromatic carboxylic acids is 1. The first-order chi connectivity index (χ1) is 10.0. The summed E-state index contributed by atoms with van der Waals surface area (Å²) >= 11 is 0. The van der Waals surface area contributed by atoms with E-state index in [1.807, 2.05) is 27.7 Å². The third-order valence-electron chi connectivity index (χ3n) is 3.19. The second kappa shape index (κ2) is 7.57. The number of rotatable bonds is 4. The lowest BCUT2D eigenvalue weighted by Crippen LogP contribution is -2.09. The van der Waals surface area contributed by atoms with Gasteiger partial charge in [0, 0.05) is 0 Å². The van der Waals surface area contributed by atoms with E-state index in [0.717, 1.165) is 6.42 Å². The Bertz CT molecular complexity index is 591. The number of carbonyl (C=O) groups is 1. The first-order valence-electron chi connectivity index (χ1n) is 7.11. The number of halogens is 1. The minimum absolute atomic E-state index is 0.0543. The van der Waals surface area contributed by atoms with Crippen LogP contribution < -0.4 is 0 Å². The fraction of sp³-hybridized carbons (Fsp3) is 0.375. The molecule has 1 unspecified atom stereocenters. The Kier molecular flexibility index (Phi) is 6.09. The zero-order valence-corrected chi connectivity index (χ0v) is 12.8. The normalized spacial score (nSPS) is 11.5. The van der Waals surface area contributed by atoms with Gasteiger partial charge in [-0.1, -0.05) is 27.7 Å². The minimum atomic E-state index is -0.997. The largest absolute Gasteiger partial charge is 0.478 e. The standard InChI is InChI=1S/C14H15FN2O2.C2H6/c1-3-9(2)13-12(14(18)19)8-16-17(13)11-6-4-10(15)5-7-11;1-2/h4-9H,3H2,1-2H3,(H,18,19);1-2H3. The summed E-state index contributed by atoms with van der Waals surface area (Å²) in [7, 11) is 0. The fourth-order valence-corrected chi connectivity index (χ4v) is 1.98. The lowest BCUT2D eigenvalue weighted by Gasteiger charge is -2.13. The molecule has 1 N–H and O–H groups in total. The van der Waals surface area contributed by atoms with Gasteiger partial charge in [-0.2, -0.15) is 5.10 Å². The van der Waals surface area contributed by atoms with Gasteiger partial charge in [0.2, 0.25) is 0 Å². The van der Waals surface area contributed by atoms with Crippen molar-refractivity contribution >= 4 is 5.97 Å². The van der Waals surface area contributed by atoms with Crippen LogP contribution in [-0.4, -0.2) is 20.9 Å². The average molecular weight is 292 g/mol.